The van der Waals surface area contributed by atoms with Crippen LogP contribution in [0, 0.1) is 0 Å². The maximum atomic E-state index is 10.4. The predicted molar refractivity (Wildman–Crippen MR) is 74.7 cm³/mol. The van der Waals surface area contributed by atoms with Crippen molar-refractivity contribution in [3.05, 3.63) is 30.2 Å². The van der Waals surface area contributed by atoms with Crippen LogP contribution in [0.3, 0.4) is 0 Å². The van der Waals surface area contributed by atoms with Gasteiger partial charge in [0, 0.05) is 0 Å². The zero-order valence-corrected chi connectivity index (χ0v) is 11.7. The van der Waals surface area contributed by atoms with Crippen LogP contribution in [0.25, 0.3) is 11.4 Å². The molecule has 6 nitrogen and oxygen atoms in total. The average Bonchev–Trinajstić information content (AvgIpc) is 2.88. The molecular weight excluding hydrogens is 280 g/mol. The van der Waals surface area contributed by atoms with Crippen molar-refractivity contribution in [1.29, 1.82) is 0 Å². The molecule has 20 heavy (non-hydrogen) atoms. The summed E-state index contributed by atoms with van der Waals surface area (Å²) in [5, 5.41) is 12.5. The van der Waals surface area contributed by atoms with Crippen LogP contribution in [-0.2, 0) is 10.5 Å². The van der Waals surface area contributed by atoms with Crippen molar-refractivity contribution in [1.82, 2.24) is 10.1 Å². The number of ether oxygens (including phenoxy) is 1. The molecule has 0 fully saturated rings. The number of hydrogen-bond donors (Lipinski definition) is 1. The van der Waals surface area contributed by atoms with Gasteiger partial charge in [-0.3, -0.25) is 4.79 Å². The number of benzene rings is 1. The van der Waals surface area contributed by atoms with Crippen LogP contribution < -0.4 is 4.74 Å². The van der Waals surface area contributed by atoms with Gasteiger partial charge in [-0.2, -0.15) is 4.98 Å². The van der Waals surface area contributed by atoms with Crippen LogP contribution in [0.5, 0.6) is 5.75 Å². The largest absolute Gasteiger partial charge is 0.493 e. The number of aromatic nitrogens is 2. The van der Waals surface area contributed by atoms with Gasteiger partial charge >= 0.3 is 5.97 Å². The van der Waals surface area contributed by atoms with Crippen LogP contribution in [0.4, 0.5) is 0 Å². The van der Waals surface area contributed by atoms with Gasteiger partial charge in [-0.05, 0) is 19.1 Å². The number of para-hydroxylation sites is 1. The minimum atomic E-state index is -0.864. The molecule has 0 unspecified atom stereocenters. The monoisotopic (exact) mass is 294 g/mol. The van der Waals surface area contributed by atoms with Crippen LogP contribution in [0.15, 0.2) is 28.8 Å². The fraction of sp³-hybridized carbons (Fsp3) is 0.308. The first-order chi connectivity index (χ1) is 9.70. The number of carboxylic acids is 1. The van der Waals surface area contributed by atoms with Crippen molar-refractivity contribution in [2.45, 2.75) is 12.7 Å². The second kappa shape index (κ2) is 6.95. The Morgan fingerprint density at radius 2 is 2.25 bits per heavy atom. The Hall–Kier alpha value is -2.02. The Bertz CT molecular complexity index is 585. The van der Waals surface area contributed by atoms with Crippen molar-refractivity contribution < 1.29 is 19.2 Å². The lowest BCUT2D eigenvalue weighted by Crippen LogP contribution is -1.98. The molecule has 0 aliphatic rings. The van der Waals surface area contributed by atoms with Gasteiger partial charge in [0.1, 0.15) is 5.75 Å². The third-order valence-corrected chi connectivity index (χ3v) is 3.25. The van der Waals surface area contributed by atoms with E-state index in [1.807, 2.05) is 31.2 Å². The highest BCUT2D eigenvalue weighted by Gasteiger charge is 2.13. The smallest absolute Gasteiger partial charge is 0.313 e. The van der Waals surface area contributed by atoms with Gasteiger partial charge in [0.2, 0.25) is 11.7 Å². The third kappa shape index (κ3) is 3.74. The lowest BCUT2D eigenvalue weighted by atomic mass is 10.2. The molecule has 0 bridgehead atoms. The van der Waals surface area contributed by atoms with Crippen molar-refractivity contribution in [2.75, 3.05) is 12.4 Å². The fourth-order valence-corrected chi connectivity index (χ4v) is 2.15. The number of nitrogens with zero attached hydrogens (tertiary/aromatic N) is 2. The maximum Gasteiger partial charge on any atom is 0.313 e. The first-order valence-corrected chi connectivity index (χ1v) is 7.20. The summed E-state index contributed by atoms with van der Waals surface area (Å²) in [6.45, 7) is 2.46. The van der Waals surface area contributed by atoms with Gasteiger partial charge in [-0.25, -0.2) is 0 Å². The second-order valence-corrected chi connectivity index (χ2v) is 4.81. The molecule has 2 rings (SSSR count). The molecule has 0 aliphatic carbocycles. The van der Waals surface area contributed by atoms with Crippen molar-refractivity contribution in [2.24, 2.45) is 0 Å². The van der Waals surface area contributed by atoms with Crippen LogP contribution >= 0.6 is 11.8 Å². The first kappa shape index (κ1) is 14.4. The Morgan fingerprint density at radius 3 is 3.00 bits per heavy atom. The van der Waals surface area contributed by atoms with E-state index in [4.69, 9.17) is 14.4 Å². The molecule has 1 aromatic heterocycles. The van der Waals surface area contributed by atoms with E-state index in [9.17, 15) is 4.79 Å². The molecule has 1 aromatic carbocycles. The quantitative estimate of drug-likeness (QED) is 0.839. The average molecular weight is 294 g/mol. The summed E-state index contributed by atoms with van der Waals surface area (Å²) in [5.41, 5.74) is 0.757. The highest BCUT2D eigenvalue weighted by Crippen LogP contribution is 2.27. The molecule has 0 saturated heterocycles. The Balaban J connectivity index is 2.10. The number of hydrogen-bond acceptors (Lipinski definition) is 6. The predicted octanol–water partition coefficient (Wildman–Crippen LogP) is 2.45. The minimum Gasteiger partial charge on any atom is -0.493 e. The van der Waals surface area contributed by atoms with Crippen LogP contribution in [0.1, 0.15) is 12.8 Å². The molecule has 0 amide bonds. The van der Waals surface area contributed by atoms with Gasteiger partial charge in [0.15, 0.2) is 0 Å². The summed E-state index contributed by atoms with van der Waals surface area (Å²) in [7, 11) is 0. The molecular formula is C13H14N2O4S. The number of carbonyl (C=O) groups is 1. The summed E-state index contributed by atoms with van der Waals surface area (Å²) in [5.74, 6) is 1.05. The lowest BCUT2D eigenvalue weighted by molar-refractivity contribution is -0.133. The van der Waals surface area contributed by atoms with Crippen LogP contribution in [0.2, 0.25) is 0 Å². The molecule has 0 aliphatic heterocycles. The zero-order valence-electron chi connectivity index (χ0n) is 10.9. The van der Waals surface area contributed by atoms with E-state index >= 15 is 0 Å². The standard InChI is InChI=1S/C13H14N2O4S/c1-2-18-10-6-4-3-5-9(10)13-14-11(19-15-13)7-20-8-12(16)17/h3-6H,2,7-8H2,1H3,(H,16,17). The molecule has 1 heterocycles. The number of aliphatic carboxylic acids is 1. The van der Waals surface area contributed by atoms with Gasteiger partial charge < -0.3 is 14.4 Å². The highest BCUT2D eigenvalue weighted by atomic mass is 32.2. The summed E-state index contributed by atoms with van der Waals surface area (Å²) < 4.78 is 10.6. The van der Waals surface area contributed by atoms with E-state index in [2.05, 4.69) is 10.1 Å². The van der Waals surface area contributed by atoms with E-state index in [-0.39, 0.29) is 5.75 Å². The Morgan fingerprint density at radius 1 is 1.45 bits per heavy atom. The number of rotatable bonds is 7. The molecule has 0 atom stereocenters. The summed E-state index contributed by atoms with van der Waals surface area (Å²) in [6, 6.07) is 7.43. The second-order valence-electron chi connectivity index (χ2n) is 3.83. The lowest BCUT2D eigenvalue weighted by Gasteiger charge is -2.05. The van der Waals surface area contributed by atoms with Gasteiger partial charge in [-0.15, -0.1) is 11.8 Å². The molecule has 0 saturated carbocycles. The van der Waals surface area contributed by atoms with E-state index in [1.54, 1.807) is 0 Å². The molecule has 0 spiro atoms. The SMILES string of the molecule is CCOc1ccccc1-c1noc(CSCC(=O)O)n1. The number of carboxylic acid groups (broad SMARTS) is 1. The fourth-order valence-electron chi connectivity index (χ4n) is 1.58. The normalized spacial score (nSPS) is 10.4. The molecule has 2 aromatic rings. The van der Waals surface area contributed by atoms with Crippen molar-refractivity contribution in [3.8, 4) is 17.1 Å². The topological polar surface area (TPSA) is 85.5 Å². The van der Waals surface area contributed by atoms with Gasteiger partial charge in [-0.1, -0.05) is 17.3 Å². The third-order valence-electron chi connectivity index (χ3n) is 2.35. The number of thioether (sulfide) groups is 1. The Labute approximate surface area is 120 Å². The molecule has 1 N–H and O–H groups in total. The van der Waals surface area contributed by atoms with E-state index in [0.29, 0.717) is 29.8 Å². The zero-order chi connectivity index (χ0) is 14.4. The summed E-state index contributed by atoms with van der Waals surface area (Å²) in [4.78, 5) is 14.7. The molecule has 7 heteroatoms. The maximum absolute atomic E-state index is 10.4. The van der Waals surface area contributed by atoms with E-state index in [0.717, 1.165) is 5.56 Å². The Kier molecular flexibility index (Phi) is 5.00. The minimum absolute atomic E-state index is 0.00719. The van der Waals surface area contributed by atoms with E-state index < -0.39 is 5.97 Å². The van der Waals surface area contributed by atoms with Crippen molar-refractivity contribution in [3.63, 3.8) is 0 Å². The molecule has 0 radical (unpaired) electrons. The molecule has 106 valence electrons. The van der Waals surface area contributed by atoms with E-state index in [1.165, 1.54) is 11.8 Å². The van der Waals surface area contributed by atoms with Crippen LogP contribution in [-0.4, -0.2) is 33.6 Å². The highest BCUT2D eigenvalue weighted by molar-refractivity contribution is 7.99. The summed E-state index contributed by atoms with van der Waals surface area (Å²) >= 11 is 1.21. The summed E-state index contributed by atoms with van der Waals surface area (Å²) in [6.07, 6.45) is 0. The first-order valence-electron chi connectivity index (χ1n) is 6.05. The van der Waals surface area contributed by atoms with Gasteiger partial charge in [0.25, 0.3) is 0 Å². The van der Waals surface area contributed by atoms with Crippen molar-refractivity contribution >= 4 is 17.7 Å². The van der Waals surface area contributed by atoms with Gasteiger partial charge in [0.05, 0.1) is 23.7 Å².